The number of ketones is 1. The molecule has 0 spiro atoms. The first-order valence-electron chi connectivity index (χ1n) is 16.2. The van der Waals surface area contributed by atoms with Gasteiger partial charge in [0.1, 0.15) is 21.2 Å². The molecule has 0 radical (unpaired) electrons. The molecular weight excluding hydrogens is 784 g/mol. The summed E-state index contributed by atoms with van der Waals surface area (Å²) in [6.45, 7) is 1.94. The van der Waals surface area contributed by atoms with E-state index in [0.717, 1.165) is 17.3 Å². The Morgan fingerprint density at radius 1 is 0.732 bits per heavy atom. The van der Waals surface area contributed by atoms with E-state index in [1.807, 2.05) is 31.2 Å². The summed E-state index contributed by atoms with van der Waals surface area (Å²) < 4.78 is 68.2. The number of hydrazone groups is 1. The van der Waals surface area contributed by atoms with Crippen LogP contribution in [0.4, 0.5) is 46.0 Å². The number of nitrogens with zero attached hydrogens (tertiary/aromatic N) is 6. The lowest BCUT2D eigenvalue weighted by atomic mass is 9.92. The standard InChI is InChI=1S/C36H27ClN10O7S2/c1-19-5-2-7-22(15-19)39-35-41-34(37)42-36(43-35)40-23-8-4-9-24(18-23)45-47-32-29(56(52,53)54)17-21-11-14-27(33(48)30(21)31(32)38)46-44-25-12-13-26-20(16-25)6-3-10-28(26)55(49,50)51/h2-18,44H,38H2,1H3,(H,49,50,51)(H,52,53,54)(H2,39,40,41,42,43)/b46-27-,47-45?. The van der Waals surface area contributed by atoms with E-state index < -0.39 is 36.6 Å². The molecule has 5 aromatic carbocycles. The maximum atomic E-state index is 13.7. The second kappa shape index (κ2) is 14.9. The lowest BCUT2D eigenvalue weighted by Crippen LogP contribution is -2.21. The highest BCUT2D eigenvalue weighted by Crippen LogP contribution is 2.39. The fraction of sp³-hybridized carbons (Fsp3) is 0.0278. The molecule has 0 unspecified atom stereocenters. The van der Waals surface area contributed by atoms with E-state index in [1.54, 1.807) is 30.3 Å². The van der Waals surface area contributed by atoms with E-state index in [2.05, 4.69) is 46.3 Å². The van der Waals surface area contributed by atoms with Crippen molar-refractivity contribution in [1.82, 2.24) is 15.0 Å². The Labute approximate surface area is 323 Å². The Hall–Kier alpha value is -6.64. The second-order valence-electron chi connectivity index (χ2n) is 12.1. The van der Waals surface area contributed by atoms with Crippen molar-refractivity contribution < 1.29 is 30.7 Å². The molecule has 1 aliphatic rings. The Morgan fingerprint density at radius 2 is 1.41 bits per heavy atom. The van der Waals surface area contributed by atoms with Crippen molar-refractivity contribution in [3.8, 4) is 0 Å². The molecule has 56 heavy (non-hydrogen) atoms. The number of Topliss-reactive ketones (excluding diaryl/α,β-unsaturated/α-hetero) is 1. The van der Waals surface area contributed by atoms with Gasteiger partial charge in [0.05, 0.1) is 22.6 Å². The molecular formula is C36H27ClN10O7S2. The summed E-state index contributed by atoms with van der Waals surface area (Å²) in [7, 11) is -9.38. The molecule has 1 aliphatic carbocycles. The summed E-state index contributed by atoms with van der Waals surface area (Å²) in [5.74, 6) is -0.403. The summed E-state index contributed by atoms with van der Waals surface area (Å²) in [5.41, 5.74) is 10.9. The minimum atomic E-state index is -4.91. The van der Waals surface area contributed by atoms with E-state index >= 15 is 0 Å². The third-order valence-electron chi connectivity index (χ3n) is 8.17. The number of hydrogen-bond acceptors (Lipinski definition) is 15. The van der Waals surface area contributed by atoms with Gasteiger partial charge in [-0.3, -0.25) is 19.3 Å². The molecule has 1 heterocycles. The van der Waals surface area contributed by atoms with E-state index in [9.17, 15) is 30.7 Å². The van der Waals surface area contributed by atoms with Gasteiger partial charge < -0.3 is 16.4 Å². The number of nitrogen functional groups attached to an aromatic ring is 1. The van der Waals surface area contributed by atoms with Crippen LogP contribution in [0.1, 0.15) is 21.5 Å². The average Bonchev–Trinajstić information content (AvgIpc) is 3.12. The smallest absolute Gasteiger partial charge is 0.296 e. The highest BCUT2D eigenvalue weighted by Gasteiger charge is 2.30. The van der Waals surface area contributed by atoms with Crippen LogP contribution in [0, 0.1) is 6.92 Å². The minimum absolute atomic E-state index is 0.0759. The molecule has 0 bridgehead atoms. The third-order valence-corrected chi connectivity index (χ3v) is 10.1. The summed E-state index contributed by atoms with van der Waals surface area (Å²) in [5, 5.41) is 19.1. The van der Waals surface area contributed by atoms with Crippen LogP contribution < -0.4 is 21.8 Å². The van der Waals surface area contributed by atoms with Crippen LogP contribution in [-0.4, -0.2) is 52.4 Å². The van der Waals surface area contributed by atoms with Gasteiger partial charge >= 0.3 is 0 Å². The molecule has 0 fully saturated rings. The highest BCUT2D eigenvalue weighted by molar-refractivity contribution is 7.86. The molecule has 0 saturated carbocycles. The van der Waals surface area contributed by atoms with Crippen LogP contribution in [0.2, 0.25) is 5.28 Å². The number of azo groups is 1. The predicted octanol–water partition coefficient (Wildman–Crippen LogP) is 7.64. The first-order valence-corrected chi connectivity index (χ1v) is 19.4. The number of halogens is 1. The number of allylic oxidation sites excluding steroid dienone is 1. The number of benzene rings is 5. The highest BCUT2D eigenvalue weighted by atomic mass is 35.5. The molecule has 20 heteroatoms. The van der Waals surface area contributed by atoms with Crippen molar-refractivity contribution in [3.63, 3.8) is 0 Å². The molecule has 17 nitrogen and oxygen atoms in total. The zero-order valence-corrected chi connectivity index (χ0v) is 31.1. The van der Waals surface area contributed by atoms with Gasteiger partial charge in [-0.25, -0.2) is 0 Å². The van der Waals surface area contributed by atoms with Crippen molar-refractivity contribution >= 4 is 106 Å². The largest absolute Gasteiger partial charge is 0.396 e. The van der Waals surface area contributed by atoms with Gasteiger partial charge in [-0.2, -0.15) is 42.0 Å². The van der Waals surface area contributed by atoms with E-state index in [-0.39, 0.29) is 55.7 Å². The summed E-state index contributed by atoms with van der Waals surface area (Å²) in [4.78, 5) is 25.3. The zero-order chi connectivity index (χ0) is 39.8. The third kappa shape index (κ3) is 8.21. The fourth-order valence-corrected chi connectivity index (χ4v) is 7.25. The van der Waals surface area contributed by atoms with Crippen LogP contribution >= 0.6 is 11.6 Å². The van der Waals surface area contributed by atoms with Crippen LogP contribution in [0.15, 0.2) is 122 Å². The number of anilines is 6. The van der Waals surface area contributed by atoms with Crippen molar-refractivity contribution in [1.29, 1.82) is 0 Å². The van der Waals surface area contributed by atoms with Crippen molar-refractivity contribution in [2.75, 3.05) is 21.8 Å². The summed E-state index contributed by atoms with van der Waals surface area (Å²) >= 11 is 6.16. The first-order chi connectivity index (χ1) is 26.6. The van der Waals surface area contributed by atoms with Crippen molar-refractivity contribution in [2.24, 2.45) is 15.3 Å². The zero-order valence-electron chi connectivity index (χ0n) is 28.7. The molecule has 0 atom stereocenters. The maximum absolute atomic E-state index is 13.7. The van der Waals surface area contributed by atoms with Gasteiger partial charge in [0.25, 0.3) is 20.2 Å². The number of aromatic nitrogens is 3. The topological polar surface area (TPSA) is 264 Å². The van der Waals surface area contributed by atoms with Crippen molar-refractivity contribution in [3.05, 3.63) is 119 Å². The van der Waals surface area contributed by atoms with Gasteiger partial charge in [0, 0.05) is 16.8 Å². The van der Waals surface area contributed by atoms with Gasteiger partial charge in [-0.15, -0.1) is 5.11 Å². The SMILES string of the molecule is Cc1cccc(Nc2nc(Cl)nc(Nc3cccc(N=Nc4c(S(=O)(=O)O)cc5c(c4N)C(=O)/C(=N\Nc4ccc6c(S(=O)(=O)O)cccc6c4)C=C5)c3)n2)c1. The summed E-state index contributed by atoms with van der Waals surface area (Å²) in [6, 6.07) is 23.9. The van der Waals surface area contributed by atoms with Gasteiger partial charge in [0.2, 0.25) is 23.0 Å². The van der Waals surface area contributed by atoms with Crippen molar-refractivity contribution in [2.45, 2.75) is 16.7 Å². The molecule has 1 aromatic heterocycles. The van der Waals surface area contributed by atoms with E-state index in [1.165, 1.54) is 42.5 Å². The number of carbonyl (C=O) groups is 1. The molecule has 0 amide bonds. The molecule has 6 aromatic rings. The fourth-order valence-electron chi connectivity index (χ4n) is 5.70. The lowest BCUT2D eigenvalue weighted by Gasteiger charge is -2.17. The Morgan fingerprint density at radius 3 is 2.11 bits per heavy atom. The maximum Gasteiger partial charge on any atom is 0.296 e. The first kappa shape index (κ1) is 37.7. The van der Waals surface area contributed by atoms with Crippen LogP contribution in [-0.2, 0) is 20.2 Å². The number of hydrogen-bond donors (Lipinski definition) is 6. The number of rotatable bonds is 10. The summed E-state index contributed by atoms with van der Waals surface area (Å²) in [6.07, 6.45) is 2.72. The number of nitrogens with one attached hydrogen (secondary N) is 3. The Kier molecular flexibility index (Phi) is 10.0. The number of carbonyl (C=O) groups excluding carboxylic acids is 1. The monoisotopic (exact) mass is 810 g/mol. The Bertz CT molecular complexity index is 2920. The molecule has 0 saturated heterocycles. The Balaban J connectivity index is 1.15. The molecule has 282 valence electrons. The number of fused-ring (bicyclic) bond motifs is 2. The van der Waals surface area contributed by atoms with Crippen LogP contribution in [0.25, 0.3) is 16.8 Å². The van der Waals surface area contributed by atoms with Gasteiger partial charge in [0.15, 0.2) is 0 Å². The lowest BCUT2D eigenvalue weighted by molar-refractivity contribution is 0.106. The van der Waals surface area contributed by atoms with Crippen LogP contribution in [0.3, 0.4) is 0 Å². The average molecular weight is 811 g/mol. The normalized spacial score (nSPS) is 13.6. The number of aryl methyl sites for hydroxylation is 1. The molecule has 0 aliphatic heterocycles. The quantitative estimate of drug-likeness (QED) is 0.0336. The predicted molar refractivity (Wildman–Crippen MR) is 212 cm³/mol. The minimum Gasteiger partial charge on any atom is -0.396 e. The van der Waals surface area contributed by atoms with Gasteiger partial charge in [-0.1, -0.05) is 42.5 Å². The molecule has 7 rings (SSSR count). The van der Waals surface area contributed by atoms with Crippen LogP contribution in [0.5, 0.6) is 0 Å². The number of nitrogens with two attached hydrogens (primary N) is 1. The van der Waals surface area contributed by atoms with E-state index in [0.29, 0.717) is 16.8 Å². The second-order valence-corrected chi connectivity index (χ2v) is 15.3. The molecule has 7 N–H and O–H groups in total. The van der Waals surface area contributed by atoms with E-state index in [4.69, 9.17) is 17.3 Å². The van der Waals surface area contributed by atoms with Gasteiger partial charge in [-0.05, 0) is 95.7 Å².